The molecule has 1 aromatic heterocycles. The first kappa shape index (κ1) is 11.6. The maximum Gasteiger partial charge on any atom is 0.323 e. The van der Waals surface area contributed by atoms with Crippen LogP contribution in [0.4, 0.5) is 0 Å². The number of hydrogen-bond acceptors (Lipinski definition) is 4. The number of carboxylic acids is 1. The molecule has 0 aliphatic rings. The molecule has 82 valence electrons. The summed E-state index contributed by atoms with van der Waals surface area (Å²) < 4.78 is 0. The van der Waals surface area contributed by atoms with E-state index >= 15 is 0 Å². The minimum absolute atomic E-state index is 0.322. The second kappa shape index (κ2) is 5.43. The Morgan fingerprint density at radius 1 is 1.60 bits per heavy atom. The van der Waals surface area contributed by atoms with Crippen molar-refractivity contribution >= 4 is 5.97 Å². The molecule has 5 nitrogen and oxygen atoms in total. The largest absolute Gasteiger partial charge is 0.480 e. The third-order valence-corrected chi connectivity index (χ3v) is 1.98. The summed E-state index contributed by atoms with van der Waals surface area (Å²) in [5.74, 6) is -1.07. The molecule has 1 rings (SSSR count). The Kier molecular flexibility index (Phi) is 4.20. The first-order chi connectivity index (χ1) is 7.11. The second-order valence-corrected chi connectivity index (χ2v) is 3.26. The molecule has 3 N–H and O–H groups in total. The average molecular weight is 210 g/mol. The van der Waals surface area contributed by atoms with Gasteiger partial charge in [0.15, 0.2) is 0 Å². The first-order valence-electron chi connectivity index (χ1n) is 4.65. The highest BCUT2D eigenvalue weighted by molar-refractivity contribution is 5.74. The van der Waals surface area contributed by atoms with Gasteiger partial charge in [0.05, 0.1) is 11.8 Å². The molecule has 1 heterocycles. The molecule has 0 saturated heterocycles. The van der Waals surface area contributed by atoms with Crippen LogP contribution >= 0.6 is 0 Å². The van der Waals surface area contributed by atoms with Crippen molar-refractivity contribution in [3.05, 3.63) is 30.1 Å². The third kappa shape index (κ3) is 3.65. The summed E-state index contributed by atoms with van der Waals surface area (Å²) in [5.41, 5.74) is 0.740. The van der Waals surface area contributed by atoms with Gasteiger partial charge in [-0.25, -0.2) is 0 Å². The number of aliphatic carboxylic acids is 1. The number of nitrogens with one attached hydrogen (secondary N) is 1. The SMILES string of the molecule is C[C@H](O)[C@@H](NCc1ccccn1)C(=O)O. The van der Waals surface area contributed by atoms with Gasteiger partial charge in [-0.3, -0.25) is 15.1 Å². The van der Waals surface area contributed by atoms with Crippen LogP contribution in [0.25, 0.3) is 0 Å². The summed E-state index contributed by atoms with van der Waals surface area (Å²) in [7, 11) is 0. The van der Waals surface area contributed by atoms with Crippen molar-refractivity contribution in [1.82, 2.24) is 10.3 Å². The highest BCUT2D eigenvalue weighted by atomic mass is 16.4. The molecule has 0 aliphatic heterocycles. The van der Waals surface area contributed by atoms with E-state index in [1.165, 1.54) is 6.92 Å². The van der Waals surface area contributed by atoms with Crippen molar-refractivity contribution in [3.63, 3.8) is 0 Å². The first-order valence-corrected chi connectivity index (χ1v) is 4.65. The monoisotopic (exact) mass is 210 g/mol. The van der Waals surface area contributed by atoms with Crippen LogP contribution in [0, 0.1) is 0 Å². The average Bonchev–Trinajstić information content (AvgIpc) is 2.18. The van der Waals surface area contributed by atoms with Crippen molar-refractivity contribution in [2.24, 2.45) is 0 Å². The van der Waals surface area contributed by atoms with E-state index in [1.54, 1.807) is 18.3 Å². The highest BCUT2D eigenvalue weighted by Crippen LogP contribution is 1.97. The Hall–Kier alpha value is -1.46. The quantitative estimate of drug-likeness (QED) is 0.637. The zero-order chi connectivity index (χ0) is 11.3. The summed E-state index contributed by atoms with van der Waals surface area (Å²) in [4.78, 5) is 14.8. The van der Waals surface area contributed by atoms with E-state index in [-0.39, 0.29) is 0 Å². The number of aliphatic hydroxyl groups is 1. The predicted octanol–water partition coefficient (Wildman–Crippen LogP) is 0.00520. The zero-order valence-electron chi connectivity index (χ0n) is 8.42. The Morgan fingerprint density at radius 2 is 2.33 bits per heavy atom. The van der Waals surface area contributed by atoms with Gasteiger partial charge in [0.25, 0.3) is 0 Å². The maximum atomic E-state index is 10.7. The van der Waals surface area contributed by atoms with Crippen molar-refractivity contribution in [3.8, 4) is 0 Å². The molecule has 0 amide bonds. The zero-order valence-corrected chi connectivity index (χ0v) is 8.42. The van der Waals surface area contributed by atoms with Gasteiger partial charge in [-0.15, -0.1) is 0 Å². The molecule has 5 heteroatoms. The Bertz CT molecular complexity index is 314. The van der Waals surface area contributed by atoms with Gasteiger partial charge in [0.1, 0.15) is 6.04 Å². The normalized spacial score (nSPS) is 14.5. The van der Waals surface area contributed by atoms with Crippen LogP contribution in [-0.2, 0) is 11.3 Å². The minimum atomic E-state index is -1.07. The lowest BCUT2D eigenvalue weighted by Gasteiger charge is -2.16. The molecule has 15 heavy (non-hydrogen) atoms. The topological polar surface area (TPSA) is 82.5 Å². The number of pyridine rings is 1. The summed E-state index contributed by atoms with van der Waals surface area (Å²) in [6.45, 7) is 1.76. The van der Waals surface area contributed by atoms with Crippen LogP contribution in [-0.4, -0.2) is 33.3 Å². The number of carbonyl (C=O) groups is 1. The molecule has 0 unspecified atom stereocenters. The van der Waals surface area contributed by atoms with Crippen molar-refractivity contribution in [2.45, 2.75) is 25.6 Å². The van der Waals surface area contributed by atoms with Gasteiger partial charge < -0.3 is 10.2 Å². The van der Waals surface area contributed by atoms with Crippen LogP contribution in [0.2, 0.25) is 0 Å². The Labute approximate surface area is 87.8 Å². The molecule has 0 bridgehead atoms. The van der Waals surface area contributed by atoms with Gasteiger partial charge in [-0.05, 0) is 19.1 Å². The fourth-order valence-corrected chi connectivity index (χ4v) is 1.18. The highest BCUT2D eigenvalue weighted by Gasteiger charge is 2.21. The Balaban J connectivity index is 2.51. The molecular formula is C10H14N2O3. The molecule has 0 aliphatic carbocycles. The van der Waals surface area contributed by atoms with Crippen molar-refractivity contribution in [2.75, 3.05) is 0 Å². The van der Waals surface area contributed by atoms with Crippen LogP contribution in [0.1, 0.15) is 12.6 Å². The summed E-state index contributed by atoms with van der Waals surface area (Å²) >= 11 is 0. The smallest absolute Gasteiger partial charge is 0.323 e. The van der Waals surface area contributed by atoms with E-state index in [1.807, 2.05) is 6.07 Å². The number of rotatable bonds is 5. The van der Waals surface area contributed by atoms with Gasteiger partial charge in [-0.2, -0.15) is 0 Å². The van der Waals surface area contributed by atoms with Gasteiger partial charge in [0, 0.05) is 12.7 Å². The van der Waals surface area contributed by atoms with E-state index < -0.39 is 18.1 Å². The lowest BCUT2D eigenvalue weighted by Crippen LogP contribution is -2.44. The number of carboxylic acid groups (broad SMARTS) is 1. The lowest BCUT2D eigenvalue weighted by molar-refractivity contribution is -0.142. The summed E-state index contributed by atoms with van der Waals surface area (Å²) in [6, 6.07) is 4.43. The second-order valence-electron chi connectivity index (χ2n) is 3.26. The van der Waals surface area contributed by atoms with Crippen molar-refractivity contribution in [1.29, 1.82) is 0 Å². The van der Waals surface area contributed by atoms with Gasteiger partial charge in [-0.1, -0.05) is 6.07 Å². The molecular weight excluding hydrogens is 196 g/mol. The standard InChI is InChI=1S/C10H14N2O3/c1-7(13)9(10(14)15)12-6-8-4-2-3-5-11-8/h2-5,7,9,12-13H,6H2,1H3,(H,14,15)/t7-,9+/m0/s1. The van der Waals surface area contributed by atoms with E-state index in [0.717, 1.165) is 5.69 Å². The molecule has 0 fully saturated rings. The molecule has 2 atom stereocenters. The van der Waals surface area contributed by atoms with E-state index in [2.05, 4.69) is 10.3 Å². The van der Waals surface area contributed by atoms with E-state index in [0.29, 0.717) is 6.54 Å². The fourth-order valence-electron chi connectivity index (χ4n) is 1.18. The maximum absolute atomic E-state index is 10.7. The third-order valence-electron chi connectivity index (χ3n) is 1.98. The van der Waals surface area contributed by atoms with Crippen LogP contribution in [0.3, 0.4) is 0 Å². The molecule has 0 aromatic carbocycles. The molecule has 0 spiro atoms. The lowest BCUT2D eigenvalue weighted by atomic mass is 10.2. The van der Waals surface area contributed by atoms with E-state index in [9.17, 15) is 9.90 Å². The minimum Gasteiger partial charge on any atom is -0.480 e. The molecule has 0 saturated carbocycles. The number of aromatic nitrogens is 1. The predicted molar refractivity (Wildman–Crippen MR) is 54.2 cm³/mol. The van der Waals surface area contributed by atoms with Crippen molar-refractivity contribution < 1.29 is 15.0 Å². The van der Waals surface area contributed by atoms with Crippen LogP contribution < -0.4 is 5.32 Å². The number of nitrogens with zero attached hydrogens (tertiary/aromatic N) is 1. The van der Waals surface area contributed by atoms with Gasteiger partial charge >= 0.3 is 5.97 Å². The molecule has 1 aromatic rings. The number of aliphatic hydroxyl groups excluding tert-OH is 1. The summed E-state index contributed by atoms with van der Waals surface area (Å²) in [5, 5.41) is 20.7. The van der Waals surface area contributed by atoms with Gasteiger partial charge in [0.2, 0.25) is 0 Å². The van der Waals surface area contributed by atoms with Crippen LogP contribution in [0.15, 0.2) is 24.4 Å². The number of hydrogen-bond donors (Lipinski definition) is 3. The fraction of sp³-hybridized carbons (Fsp3) is 0.400. The van der Waals surface area contributed by atoms with E-state index in [4.69, 9.17) is 5.11 Å². The summed E-state index contributed by atoms with van der Waals surface area (Å²) in [6.07, 6.45) is 0.695. The van der Waals surface area contributed by atoms with Crippen LogP contribution in [0.5, 0.6) is 0 Å². The molecule has 0 radical (unpaired) electrons. The Morgan fingerprint density at radius 3 is 2.80 bits per heavy atom.